The number of hydrogen-bond acceptors (Lipinski definition) is 10. The molecule has 10 heteroatoms. The van der Waals surface area contributed by atoms with Crippen molar-refractivity contribution in [3.8, 4) is 136 Å². The van der Waals surface area contributed by atoms with Gasteiger partial charge in [-0.1, -0.05) is 255 Å². The summed E-state index contributed by atoms with van der Waals surface area (Å²) >= 11 is 0. The quantitative estimate of drug-likeness (QED) is 0.145. The van der Waals surface area contributed by atoms with Gasteiger partial charge in [-0.2, -0.15) is 0 Å². The molecule has 16 aromatic rings. The zero-order valence-corrected chi connectivity index (χ0v) is 53.7. The molecule has 0 saturated carbocycles. The predicted molar refractivity (Wildman–Crippen MR) is 393 cm³/mol. The number of benzene rings is 12. The topological polar surface area (TPSA) is 122 Å². The third kappa shape index (κ3) is 9.40. The average molecular weight is 1280 g/mol. The van der Waals surface area contributed by atoms with E-state index in [4.69, 9.17) is 39.4 Å². The normalized spacial score (nSPS) is 13.1. The monoisotopic (exact) mass is 1280 g/mol. The van der Waals surface area contributed by atoms with Crippen LogP contribution in [0.25, 0.3) is 113 Å². The molecule has 0 bridgehead atoms. The van der Waals surface area contributed by atoms with Crippen LogP contribution in [0.15, 0.2) is 340 Å². The standard InChI is InChI=1S/2C45H28N4O/c1-2-12-29(13-3-1)42-47-43(31-15-10-14-30(26-31)33-16-11-25-46-28-33)49-44(48-42)32-23-24-35-34-17-4-5-18-36(34)45(39(35)27-32)37-19-6-8-21-40(37)50-41-22-9-7-20-38(41)45;1-2-13-29(14-3-1)42-47-43(31-16-12-15-30(27-31)39-21-10-11-26-46-39)49-44(48-42)32-24-25-34-33-17-4-5-18-35(33)45(38(34)28-32)36-19-6-8-22-40(36)50-41-23-9-7-20-37(41)45/h2*1-28H. The molecule has 100 heavy (non-hydrogen) atoms. The molecule has 2 aliphatic carbocycles. The summed E-state index contributed by atoms with van der Waals surface area (Å²) < 4.78 is 13.1. The van der Waals surface area contributed by atoms with Gasteiger partial charge in [-0.05, 0) is 117 Å². The van der Waals surface area contributed by atoms with Crippen LogP contribution in [0.5, 0.6) is 23.0 Å². The number of hydrogen-bond donors (Lipinski definition) is 0. The SMILES string of the molecule is c1ccc(-c2nc(-c3cccc(-c4ccccn4)c3)nc(-c3ccc4c(c3)C3(c5ccccc5Oc5ccccc53)c3ccccc3-4)n2)cc1.c1ccc(-c2nc(-c3cccc(-c4cccnc4)c3)nc(-c3ccc4c(c3)C3(c5ccccc5Oc5ccccc53)c3ccccc3-4)n2)cc1. The first-order valence-corrected chi connectivity index (χ1v) is 33.4. The van der Waals surface area contributed by atoms with Crippen LogP contribution in [-0.2, 0) is 10.8 Å². The molecule has 4 aliphatic rings. The summed E-state index contributed by atoms with van der Waals surface area (Å²) in [6, 6.07) is 111. The van der Waals surface area contributed by atoms with Crippen molar-refractivity contribution in [2.45, 2.75) is 10.8 Å². The lowest BCUT2D eigenvalue weighted by atomic mass is 9.66. The minimum atomic E-state index is -0.581. The van der Waals surface area contributed by atoms with Gasteiger partial charge >= 0.3 is 0 Å². The van der Waals surface area contributed by atoms with Crippen molar-refractivity contribution in [1.82, 2.24) is 39.9 Å². The van der Waals surface area contributed by atoms with Crippen molar-refractivity contribution in [2.24, 2.45) is 0 Å². The highest BCUT2D eigenvalue weighted by atomic mass is 16.5. The number of rotatable bonds is 8. The molecule has 12 aromatic carbocycles. The molecule has 4 aromatic heterocycles. The number of pyridine rings is 2. The van der Waals surface area contributed by atoms with Crippen molar-refractivity contribution in [3.63, 3.8) is 0 Å². The van der Waals surface area contributed by atoms with Gasteiger partial charge in [0.05, 0.1) is 16.5 Å². The first-order chi connectivity index (χ1) is 49.5. The highest BCUT2D eigenvalue weighted by Crippen LogP contribution is 2.64. The second-order valence-electron chi connectivity index (χ2n) is 25.3. The van der Waals surface area contributed by atoms with Crippen LogP contribution in [-0.4, -0.2) is 39.9 Å². The highest BCUT2D eigenvalue weighted by Gasteiger charge is 2.53. The Labute approximate surface area is 577 Å². The lowest BCUT2D eigenvalue weighted by Gasteiger charge is -2.39. The van der Waals surface area contributed by atoms with Crippen LogP contribution in [0.2, 0.25) is 0 Å². The second kappa shape index (κ2) is 23.7. The van der Waals surface area contributed by atoms with Crippen LogP contribution in [0.3, 0.4) is 0 Å². The van der Waals surface area contributed by atoms with Crippen LogP contribution in [0.1, 0.15) is 44.5 Å². The molecular weight excluding hydrogens is 1230 g/mol. The van der Waals surface area contributed by atoms with E-state index in [1.165, 1.54) is 44.5 Å². The van der Waals surface area contributed by atoms with Crippen molar-refractivity contribution in [2.75, 3.05) is 0 Å². The van der Waals surface area contributed by atoms with Gasteiger partial charge in [0.2, 0.25) is 0 Å². The van der Waals surface area contributed by atoms with Gasteiger partial charge in [0.1, 0.15) is 23.0 Å². The van der Waals surface area contributed by atoms with Gasteiger partial charge in [0.15, 0.2) is 34.9 Å². The zero-order chi connectivity index (χ0) is 66.1. The molecular formula is C90H56N8O2. The molecule has 0 amide bonds. The van der Waals surface area contributed by atoms with Crippen LogP contribution >= 0.6 is 0 Å². The summed E-state index contributed by atoms with van der Waals surface area (Å²) in [6.07, 6.45) is 5.47. The summed E-state index contributed by atoms with van der Waals surface area (Å²) in [5.74, 6) is 7.13. The van der Waals surface area contributed by atoms with E-state index < -0.39 is 10.8 Å². The van der Waals surface area contributed by atoms with Gasteiger partial charge in [-0.15, -0.1) is 0 Å². The minimum Gasteiger partial charge on any atom is -0.457 e. The molecule has 2 spiro atoms. The molecule has 0 fully saturated rings. The summed E-state index contributed by atoms with van der Waals surface area (Å²) in [5.41, 5.74) is 22.4. The number of aromatic nitrogens is 8. The Morgan fingerprint density at radius 3 is 0.980 bits per heavy atom. The number of fused-ring (bicyclic) bond motifs is 18. The third-order valence-electron chi connectivity index (χ3n) is 19.7. The van der Waals surface area contributed by atoms with Crippen LogP contribution in [0, 0.1) is 0 Å². The van der Waals surface area contributed by atoms with Crippen LogP contribution < -0.4 is 9.47 Å². The summed E-state index contributed by atoms with van der Waals surface area (Å²) in [7, 11) is 0. The lowest BCUT2D eigenvalue weighted by molar-refractivity contribution is 0.436. The summed E-state index contributed by atoms with van der Waals surface area (Å²) in [4.78, 5) is 39.5. The van der Waals surface area contributed by atoms with Gasteiger partial charge < -0.3 is 9.47 Å². The molecule has 6 heterocycles. The Hall–Kier alpha value is -13.4. The van der Waals surface area contributed by atoms with E-state index in [9.17, 15) is 0 Å². The Bertz CT molecular complexity index is 5440. The highest BCUT2D eigenvalue weighted by molar-refractivity contribution is 5.92. The predicted octanol–water partition coefficient (Wildman–Crippen LogP) is 20.8. The molecule has 468 valence electrons. The maximum Gasteiger partial charge on any atom is 0.164 e. The Kier molecular flexibility index (Phi) is 13.8. The lowest BCUT2D eigenvalue weighted by Crippen LogP contribution is -2.32. The molecule has 2 aliphatic heterocycles. The van der Waals surface area contributed by atoms with E-state index in [1.807, 2.05) is 140 Å². The van der Waals surface area contributed by atoms with Crippen molar-refractivity contribution >= 4 is 0 Å². The fraction of sp³-hybridized carbons (Fsp3) is 0.0222. The van der Waals surface area contributed by atoms with Crippen molar-refractivity contribution in [3.05, 3.63) is 385 Å². The fourth-order valence-electron chi connectivity index (χ4n) is 15.4. The second-order valence-corrected chi connectivity index (χ2v) is 25.3. The minimum absolute atomic E-state index is 0.580. The summed E-state index contributed by atoms with van der Waals surface area (Å²) in [6.45, 7) is 0. The Balaban J connectivity index is 0.000000139. The average Bonchev–Trinajstić information content (AvgIpc) is 0.855. The fourth-order valence-corrected chi connectivity index (χ4v) is 15.4. The molecule has 0 N–H and O–H groups in total. The molecule has 20 rings (SSSR count). The Morgan fingerprint density at radius 1 is 0.210 bits per heavy atom. The number of para-hydroxylation sites is 4. The largest absolute Gasteiger partial charge is 0.457 e. The summed E-state index contributed by atoms with van der Waals surface area (Å²) in [5, 5.41) is 0. The van der Waals surface area contributed by atoms with E-state index in [2.05, 4.69) is 204 Å². The maximum atomic E-state index is 6.54. The van der Waals surface area contributed by atoms with Crippen LogP contribution in [0.4, 0.5) is 0 Å². The first-order valence-electron chi connectivity index (χ1n) is 33.4. The van der Waals surface area contributed by atoms with E-state index in [0.717, 1.165) is 101 Å². The molecule has 0 saturated heterocycles. The maximum absolute atomic E-state index is 6.54. The van der Waals surface area contributed by atoms with Gasteiger partial charge in [0.25, 0.3) is 0 Å². The van der Waals surface area contributed by atoms with E-state index >= 15 is 0 Å². The van der Waals surface area contributed by atoms with E-state index in [-0.39, 0.29) is 0 Å². The zero-order valence-electron chi connectivity index (χ0n) is 53.7. The van der Waals surface area contributed by atoms with Crippen molar-refractivity contribution in [1.29, 1.82) is 0 Å². The molecule has 0 radical (unpaired) electrons. The van der Waals surface area contributed by atoms with E-state index in [0.29, 0.717) is 34.9 Å². The van der Waals surface area contributed by atoms with Gasteiger partial charge in [-0.3, -0.25) is 9.97 Å². The number of nitrogens with zero attached hydrogens (tertiary/aromatic N) is 8. The van der Waals surface area contributed by atoms with Gasteiger partial charge in [-0.25, -0.2) is 29.9 Å². The molecule has 10 nitrogen and oxygen atoms in total. The Morgan fingerprint density at radius 2 is 0.550 bits per heavy atom. The van der Waals surface area contributed by atoms with E-state index in [1.54, 1.807) is 6.20 Å². The molecule has 0 unspecified atom stereocenters. The van der Waals surface area contributed by atoms with Gasteiger partial charge in [0, 0.05) is 85.4 Å². The third-order valence-corrected chi connectivity index (χ3v) is 19.7. The molecule has 0 atom stereocenters. The number of ether oxygens (including phenoxy) is 2. The smallest absolute Gasteiger partial charge is 0.164 e. The first kappa shape index (κ1) is 58.0. The van der Waals surface area contributed by atoms with Crippen molar-refractivity contribution < 1.29 is 9.47 Å².